The average Bonchev–Trinajstić information content (AvgIpc) is 2.34. The summed E-state index contributed by atoms with van der Waals surface area (Å²) in [6.07, 6.45) is 0. The van der Waals surface area contributed by atoms with Crippen LogP contribution in [0.3, 0.4) is 0 Å². The van der Waals surface area contributed by atoms with Crippen molar-refractivity contribution in [1.29, 1.82) is 0 Å². The van der Waals surface area contributed by atoms with Gasteiger partial charge in [-0.25, -0.2) is 0 Å². The highest BCUT2D eigenvalue weighted by molar-refractivity contribution is 6.22. The van der Waals surface area contributed by atoms with E-state index in [0.717, 1.165) is 0 Å². The summed E-state index contributed by atoms with van der Waals surface area (Å²) in [5.74, 6) is 0.196. The summed E-state index contributed by atoms with van der Waals surface area (Å²) < 4.78 is 0. The van der Waals surface area contributed by atoms with E-state index in [4.69, 9.17) is 0 Å². The van der Waals surface area contributed by atoms with Crippen molar-refractivity contribution in [2.75, 3.05) is 7.05 Å². The average molecular weight is 293 g/mol. The summed E-state index contributed by atoms with van der Waals surface area (Å²) in [5, 5.41) is 5.28. The van der Waals surface area contributed by atoms with Crippen molar-refractivity contribution in [1.82, 2.24) is 15.5 Å². The molecule has 0 aliphatic carbocycles. The molecule has 0 aromatic heterocycles. The van der Waals surface area contributed by atoms with E-state index in [1.807, 2.05) is 25.8 Å². The van der Waals surface area contributed by atoms with Gasteiger partial charge in [-0.1, -0.05) is 20.8 Å². The number of nitrogens with one attached hydrogen (secondary N) is 2. The van der Waals surface area contributed by atoms with Gasteiger partial charge in [0.2, 0.25) is 11.9 Å². The molecule has 0 saturated heterocycles. The maximum absolute atomic E-state index is 12.3. The summed E-state index contributed by atoms with van der Waals surface area (Å²) in [6, 6.07) is -0.285. The first-order chi connectivity index (χ1) is 9.61. The SMILES string of the molecule is CC1N=C2N=C(NC(=O)C(C)(C)C)NC(=O)C2N(C)C1C. The van der Waals surface area contributed by atoms with E-state index < -0.39 is 11.5 Å². The molecule has 2 aliphatic rings. The largest absolute Gasteiger partial charge is 0.296 e. The summed E-state index contributed by atoms with van der Waals surface area (Å²) in [7, 11) is 1.88. The van der Waals surface area contributed by atoms with Crippen molar-refractivity contribution in [3.8, 4) is 0 Å². The second-order valence-electron chi connectivity index (χ2n) is 6.69. The smallest absolute Gasteiger partial charge is 0.251 e. The lowest BCUT2D eigenvalue weighted by atomic mass is 9.96. The third-order valence-electron chi connectivity index (χ3n) is 3.96. The van der Waals surface area contributed by atoms with Crippen LogP contribution in [0.15, 0.2) is 9.98 Å². The third-order valence-corrected chi connectivity index (χ3v) is 3.96. The van der Waals surface area contributed by atoms with Gasteiger partial charge in [0.05, 0.1) is 6.04 Å². The Morgan fingerprint density at radius 3 is 2.52 bits per heavy atom. The van der Waals surface area contributed by atoms with Gasteiger partial charge in [-0.2, -0.15) is 4.99 Å². The molecule has 0 aromatic carbocycles. The van der Waals surface area contributed by atoms with Crippen molar-refractivity contribution in [2.45, 2.75) is 52.7 Å². The third kappa shape index (κ3) is 2.97. The zero-order chi connectivity index (χ0) is 15.9. The Labute approximate surface area is 124 Å². The quantitative estimate of drug-likeness (QED) is 0.665. The molecule has 2 heterocycles. The Morgan fingerprint density at radius 2 is 1.95 bits per heavy atom. The lowest BCUT2D eigenvalue weighted by Crippen LogP contribution is -2.63. The van der Waals surface area contributed by atoms with Crippen molar-refractivity contribution in [3.63, 3.8) is 0 Å². The maximum Gasteiger partial charge on any atom is 0.251 e. The molecule has 2 N–H and O–H groups in total. The summed E-state index contributed by atoms with van der Waals surface area (Å²) >= 11 is 0. The fraction of sp³-hybridized carbons (Fsp3) is 0.714. The Bertz CT molecular complexity index is 532. The number of likely N-dealkylation sites (N-methyl/N-ethyl adjacent to an activating group) is 1. The number of guanidine groups is 1. The number of aliphatic imine (C=N–C) groups is 2. The predicted octanol–water partition coefficient (Wildman–Crippen LogP) is 0.124. The molecule has 2 amide bonds. The minimum Gasteiger partial charge on any atom is -0.296 e. The van der Waals surface area contributed by atoms with Gasteiger partial charge in [0.15, 0.2) is 11.9 Å². The lowest BCUT2D eigenvalue weighted by Gasteiger charge is -2.39. The zero-order valence-electron chi connectivity index (χ0n) is 13.4. The summed E-state index contributed by atoms with van der Waals surface area (Å²) in [6.45, 7) is 9.41. The first kappa shape index (κ1) is 15.6. The first-order valence-corrected chi connectivity index (χ1v) is 7.12. The van der Waals surface area contributed by atoms with E-state index in [9.17, 15) is 9.59 Å². The number of amides is 2. The van der Waals surface area contributed by atoms with Gasteiger partial charge in [-0.05, 0) is 20.9 Å². The van der Waals surface area contributed by atoms with Crippen LogP contribution in [0, 0.1) is 5.41 Å². The molecule has 7 nitrogen and oxygen atoms in total. The van der Waals surface area contributed by atoms with Crippen LogP contribution in [0.1, 0.15) is 34.6 Å². The standard InChI is InChI=1S/C14H23N5O2/c1-7-8(2)19(6)9-10(15-7)16-13(17-11(9)20)18-12(21)14(3,4)5/h7-9H,1-6H3,(H2,15,16,17,18,20,21). The van der Waals surface area contributed by atoms with Crippen molar-refractivity contribution in [2.24, 2.45) is 15.4 Å². The van der Waals surface area contributed by atoms with E-state index in [1.165, 1.54) is 0 Å². The number of carbonyl (C=O) groups is 2. The first-order valence-electron chi connectivity index (χ1n) is 7.12. The van der Waals surface area contributed by atoms with Crippen LogP contribution in [-0.4, -0.2) is 53.7 Å². The van der Waals surface area contributed by atoms with E-state index in [2.05, 4.69) is 20.6 Å². The van der Waals surface area contributed by atoms with E-state index in [1.54, 1.807) is 20.8 Å². The van der Waals surface area contributed by atoms with Gasteiger partial charge in [0, 0.05) is 11.5 Å². The zero-order valence-corrected chi connectivity index (χ0v) is 13.4. The highest BCUT2D eigenvalue weighted by Gasteiger charge is 2.40. The lowest BCUT2D eigenvalue weighted by molar-refractivity contribution is -0.127. The fourth-order valence-corrected chi connectivity index (χ4v) is 2.22. The van der Waals surface area contributed by atoms with Crippen LogP contribution in [0.5, 0.6) is 0 Å². The molecule has 0 radical (unpaired) electrons. The molecule has 2 rings (SSSR count). The Kier molecular flexibility index (Phi) is 3.88. The number of fused-ring (bicyclic) bond motifs is 1. The molecule has 0 saturated carbocycles. The minimum absolute atomic E-state index is 0.0514. The monoisotopic (exact) mass is 293 g/mol. The van der Waals surface area contributed by atoms with Gasteiger partial charge in [0.25, 0.3) is 5.91 Å². The number of rotatable bonds is 0. The van der Waals surface area contributed by atoms with Crippen LogP contribution in [0.2, 0.25) is 0 Å². The van der Waals surface area contributed by atoms with Crippen LogP contribution in [-0.2, 0) is 9.59 Å². The second-order valence-corrected chi connectivity index (χ2v) is 6.69. The molecular weight excluding hydrogens is 270 g/mol. The number of hydrogen-bond donors (Lipinski definition) is 2. The molecule has 7 heteroatoms. The molecule has 116 valence electrons. The Morgan fingerprint density at radius 1 is 1.33 bits per heavy atom. The molecule has 0 aromatic rings. The molecule has 3 atom stereocenters. The van der Waals surface area contributed by atoms with E-state index in [0.29, 0.717) is 5.84 Å². The van der Waals surface area contributed by atoms with Gasteiger partial charge < -0.3 is 0 Å². The van der Waals surface area contributed by atoms with Gasteiger partial charge in [0.1, 0.15) is 0 Å². The molecule has 2 aliphatic heterocycles. The Hall–Kier alpha value is -1.76. The van der Waals surface area contributed by atoms with E-state index in [-0.39, 0.29) is 29.9 Å². The minimum atomic E-state index is -0.558. The van der Waals surface area contributed by atoms with Crippen molar-refractivity contribution in [3.05, 3.63) is 0 Å². The number of amidine groups is 1. The number of carbonyl (C=O) groups excluding carboxylic acids is 2. The van der Waals surface area contributed by atoms with Gasteiger partial charge in [-0.3, -0.25) is 30.1 Å². The van der Waals surface area contributed by atoms with Crippen LogP contribution in [0.25, 0.3) is 0 Å². The van der Waals surface area contributed by atoms with Gasteiger partial charge >= 0.3 is 0 Å². The van der Waals surface area contributed by atoms with Crippen LogP contribution >= 0.6 is 0 Å². The molecule has 3 unspecified atom stereocenters. The molecule has 0 spiro atoms. The van der Waals surface area contributed by atoms with Crippen molar-refractivity contribution < 1.29 is 9.59 Å². The number of nitrogens with zero attached hydrogens (tertiary/aromatic N) is 3. The second kappa shape index (κ2) is 5.22. The highest BCUT2D eigenvalue weighted by atomic mass is 16.2. The fourth-order valence-electron chi connectivity index (χ4n) is 2.22. The topological polar surface area (TPSA) is 86.2 Å². The summed E-state index contributed by atoms with van der Waals surface area (Å²) in [5.41, 5.74) is -0.558. The normalized spacial score (nSPS) is 30.0. The van der Waals surface area contributed by atoms with E-state index >= 15 is 0 Å². The predicted molar refractivity (Wildman–Crippen MR) is 81.1 cm³/mol. The maximum atomic E-state index is 12.3. The molecule has 0 bridgehead atoms. The Balaban J connectivity index is 2.27. The van der Waals surface area contributed by atoms with Crippen LogP contribution in [0.4, 0.5) is 0 Å². The molecule has 21 heavy (non-hydrogen) atoms. The highest BCUT2D eigenvalue weighted by Crippen LogP contribution is 2.20. The molecular formula is C14H23N5O2. The molecule has 0 fully saturated rings. The van der Waals surface area contributed by atoms with Gasteiger partial charge in [-0.15, -0.1) is 0 Å². The van der Waals surface area contributed by atoms with Crippen LogP contribution < -0.4 is 10.6 Å². The number of hydrogen-bond acceptors (Lipinski definition) is 5. The van der Waals surface area contributed by atoms with Crippen molar-refractivity contribution >= 4 is 23.6 Å². The summed E-state index contributed by atoms with van der Waals surface area (Å²) in [4.78, 5) is 35.0.